The van der Waals surface area contributed by atoms with E-state index in [1.807, 2.05) is 19.2 Å². The first kappa shape index (κ1) is 14.1. The molecule has 2 unspecified atom stereocenters. The molecule has 1 heterocycles. The van der Waals surface area contributed by atoms with Gasteiger partial charge in [-0.25, -0.2) is 9.37 Å². The lowest BCUT2D eigenvalue weighted by atomic mass is 10.1. The number of nitrogens with one attached hydrogen (secondary N) is 1. The minimum absolute atomic E-state index is 0.0712. The average Bonchev–Trinajstić information content (AvgIpc) is 2.82. The molecule has 0 aliphatic heterocycles. The maximum Gasteiger partial charge on any atom is 0.123 e. The van der Waals surface area contributed by atoms with Crippen LogP contribution in [-0.4, -0.2) is 16.6 Å². The summed E-state index contributed by atoms with van der Waals surface area (Å²) < 4.78 is 13.1. The number of nitrogens with zero attached hydrogens (tertiary/aromatic N) is 1. The first-order valence-electron chi connectivity index (χ1n) is 6.15. The summed E-state index contributed by atoms with van der Waals surface area (Å²) in [6.45, 7) is 4.31. The average molecular weight is 280 g/mol. The number of halogens is 1. The highest BCUT2D eigenvalue weighted by atomic mass is 32.1. The molecule has 2 atom stereocenters. The van der Waals surface area contributed by atoms with Crippen molar-refractivity contribution in [1.82, 2.24) is 10.3 Å². The maximum atomic E-state index is 13.1. The van der Waals surface area contributed by atoms with Crippen LogP contribution in [0.1, 0.15) is 35.3 Å². The molecule has 0 bridgehead atoms. The van der Waals surface area contributed by atoms with Crippen molar-refractivity contribution < 1.29 is 9.50 Å². The smallest absolute Gasteiger partial charge is 0.123 e. The van der Waals surface area contributed by atoms with Crippen LogP contribution >= 0.6 is 11.3 Å². The zero-order valence-corrected chi connectivity index (χ0v) is 11.7. The van der Waals surface area contributed by atoms with Crippen molar-refractivity contribution in [3.05, 3.63) is 51.7 Å². The molecule has 0 saturated heterocycles. The van der Waals surface area contributed by atoms with Gasteiger partial charge in [0, 0.05) is 17.6 Å². The largest absolute Gasteiger partial charge is 0.387 e. The lowest BCUT2D eigenvalue weighted by molar-refractivity contribution is 0.170. The number of aromatic nitrogens is 1. The van der Waals surface area contributed by atoms with Crippen LogP contribution in [-0.2, 0) is 0 Å². The second kappa shape index (κ2) is 6.23. The Morgan fingerprint density at radius 3 is 2.89 bits per heavy atom. The van der Waals surface area contributed by atoms with E-state index in [9.17, 15) is 9.50 Å². The van der Waals surface area contributed by atoms with Crippen LogP contribution in [0.3, 0.4) is 0 Å². The SMILES string of the molecule is Cc1csc(C(C)NCC(O)c2cccc(F)c2)n1. The highest BCUT2D eigenvalue weighted by Crippen LogP contribution is 2.19. The van der Waals surface area contributed by atoms with Crippen molar-refractivity contribution in [2.45, 2.75) is 26.0 Å². The molecular formula is C14H17FN2OS. The molecule has 0 spiro atoms. The standard InChI is InChI=1S/C14H17FN2OS/c1-9-8-19-14(17-9)10(2)16-7-13(18)11-4-3-5-12(15)6-11/h3-6,8,10,13,16,18H,7H2,1-2H3. The van der Waals surface area contributed by atoms with E-state index in [0.717, 1.165) is 10.7 Å². The molecule has 0 aliphatic carbocycles. The minimum Gasteiger partial charge on any atom is -0.387 e. The van der Waals surface area contributed by atoms with Crippen molar-refractivity contribution in [2.24, 2.45) is 0 Å². The number of aliphatic hydroxyl groups excluding tert-OH is 1. The van der Waals surface area contributed by atoms with E-state index in [1.165, 1.54) is 12.1 Å². The topological polar surface area (TPSA) is 45.1 Å². The predicted molar refractivity (Wildman–Crippen MR) is 74.6 cm³/mol. The third kappa shape index (κ3) is 3.83. The number of hydrogen-bond donors (Lipinski definition) is 2. The quantitative estimate of drug-likeness (QED) is 0.885. The lowest BCUT2D eigenvalue weighted by Crippen LogP contribution is -2.24. The van der Waals surface area contributed by atoms with Crippen LogP contribution < -0.4 is 5.32 Å². The molecule has 3 nitrogen and oxygen atoms in total. The normalized spacial score (nSPS) is 14.3. The Kier molecular flexibility index (Phi) is 4.63. The highest BCUT2D eigenvalue weighted by molar-refractivity contribution is 7.09. The van der Waals surface area contributed by atoms with Gasteiger partial charge in [0.15, 0.2) is 0 Å². The number of rotatable bonds is 5. The van der Waals surface area contributed by atoms with Gasteiger partial charge in [0.1, 0.15) is 10.8 Å². The fourth-order valence-electron chi connectivity index (χ4n) is 1.78. The summed E-state index contributed by atoms with van der Waals surface area (Å²) in [5, 5.41) is 16.2. The second-order valence-electron chi connectivity index (χ2n) is 4.53. The molecule has 0 fully saturated rings. The Morgan fingerprint density at radius 2 is 2.26 bits per heavy atom. The Bertz CT molecular complexity index is 544. The number of benzene rings is 1. The van der Waals surface area contributed by atoms with Gasteiger partial charge in [0.2, 0.25) is 0 Å². The Morgan fingerprint density at radius 1 is 1.47 bits per heavy atom. The molecule has 5 heteroatoms. The van der Waals surface area contributed by atoms with Crippen LogP contribution in [0.25, 0.3) is 0 Å². The zero-order chi connectivity index (χ0) is 13.8. The molecule has 2 rings (SSSR count). The molecule has 0 aliphatic rings. The number of aliphatic hydroxyl groups is 1. The third-order valence-corrected chi connectivity index (χ3v) is 4.00. The van der Waals surface area contributed by atoms with E-state index in [-0.39, 0.29) is 11.9 Å². The van der Waals surface area contributed by atoms with Gasteiger partial charge in [-0.2, -0.15) is 0 Å². The Balaban J connectivity index is 1.91. The molecule has 102 valence electrons. The molecule has 2 N–H and O–H groups in total. The summed E-state index contributed by atoms with van der Waals surface area (Å²) in [6.07, 6.45) is -0.723. The monoisotopic (exact) mass is 280 g/mol. The number of thiazole rings is 1. The van der Waals surface area contributed by atoms with Crippen molar-refractivity contribution >= 4 is 11.3 Å². The second-order valence-corrected chi connectivity index (χ2v) is 5.42. The third-order valence-electron chi connectivity index (χ3n) is 2.86. The van der Waals surface area contributed by atoms with Crippen molar-refractivity contribution in [1.29, 1.82) is 0 Å². The lowest BCUT2D eigenvalue weighted by Gasteiger charge is -2.16. The van der Waals surface area contributed by atoms with E-state index in [1.54, 1.807) is 23.5 Å². The summed E-state index contributed by atoms with van der Waals surface area (Å²) in [7, 11) is 0. The van der Waals surface area contributed by atoms with Crippen LogP contribution in [0, 0.1) is 12.7 Å². The van der Waals surface area contributed by atoms with Gasteiger partial charge in [0.05, 0.1) is 12.1 Å². The van der Waals surface area contributed by atoms with Crippen LogP contribution in [0.15, 0.2) is 29.6 Å². The van der Waals surface area contributed by atoms with Gasteiger partial charge >= 0.3 is 0 Å². The van der Waals surface area contributed by atoms with Gasteiger partial charge in [-0.15, -0.1) is 11.3 Å². The fourth-order valence-corrected chi connectivity index (χ4v) is 2.61. The van der Waals surface area contributed by atoms with E-state index in [2.05, 4.69) is 10.3 Å². The first-order chi connectivity index (χ1) is 9.06. The van der Waals surface area contributed by atoms with Crippen molar-refractivity contribution in [3.8, 4) is 0 Å². The van der Waals surface area contributed by atoms with E-state index in [4.69, 9.17) is 0 Å². The molecule has 0 saturated carbocycles. The van der Waals surface area contributed by atoms with E-state index >= 15 is 0 Å². The Hall–Kier alpha value is -1.30. The van der Waals surface area contributed by atoms with Gasteiger partial charge in [-0.3, -0.25) is 0 Å². The first-order valence-corrected chi connectivity index (χ1v) is 7.03. The molecule has 2 aromatic rings. The molecule has 0 radical (unpaired) electrons. The number of aryl methyl sites for hydroxylation is 1. The van der Waals surface area contributed by atoms with Gasteiger partial charge in [0.25, 0.3) is 0 Å². The minimum atomic E-state index is -0.723. The summed E-state index contributed by atoms with van der Waals surface area (Å²) in [5.74, 6) is -0.333. The summed E-state index contributed by atoms with van der Waals surface area (Å²) in [4.78, 5) is 4.39. The van der Waals surface area contributed by atoms with Crippen molar-refractivity contribution in [2.75, 3.05) is 6.54 Å². The molecular weight excluding hydrogens is 263 g/mol. The summed E-state index contributed by atoms with van der Waals surface area (Å²) in [6, 6.07) is 6.10. The van der Waals surface area contributed by atoms with Crippen LogP contribution in [0.5, 0.6) is 0 Å². The van der Waals surface area contributed by atoms with E-state index < -0.39 is 6.10 Å². The van der Waals surface area contributed by atoms with Gasteiger partial charge < -0.3 is 10.4 Å². The summed E-state index contributed by atoms with van der Waals surface area (Å²) in [5.41, 5.74) is 1.58. The molecule has 1 aromatic carbocycles. The molecule has 1 aromatic heterocycles. The molecule has 19 heavy (non-hydrogen) atoms. The van der Waals surface area contributed by atoms with Gasteiger partial charge in [-0.1, -0.05) is 12.1 Å². The van der Waals surface area contributed by atoms with E-state index in [0.29, 0.717) is 12.1 Å². The van der Waals surface area contributed by atoms with Crippen LogP contribution in [0.2, 0.25) is 0 Å². The van der Waals surface area contributed by atoms with Gasteiger partial charge in [-0.05, 0) is 31.5 Å². The highest BCUT2D eigenvalue weighted by Gasteiger charge is 2.13. The summed E-state index contributed by atoms with van der Waals surface area (Å²) >= 11 is 1.59. The van der Waals surface area contributed by atoms with Crippen molar-refractivity contribution in [3.63, 3.8) is 0 Å². The maximum absolute atomic E-state index is 13.1. The predicted octanol–water partition coefficient (Wildman–Crippen LogP) is 2.97. The fraction of sp³-hybridized carbons (Fsp3) is 0.357. The molecule has 0 amide bonds. The number of hydrogen-bond acceptors (Lipinski definition) is 4. The van der Waals surface area contributed by atoms with Crippen LogP contribution in [0.4, 0.5) is 4.39 Å². The Labute approximate surface area is 116 Å². The zero-order valence-electron chi connectivity index (χ0n) is 10.9.